The van der Waals surface area contributed by atoms with Crippen molar-refractivity contribution >= 4 is 11.7 Å². The van der Waals surface area contributed by atoms with Crippen LogP contribution in [0.1, 0.15) is 45.1 Å². The molecule has 0 spiro atoms. The summed E-state index contributed by atoms with van der Waals surface area (Å²) in [6.07, 6.45) is 4.46. The molecule has 3 heteroatoms. The van der Waals surface area contributed by atoms with Crippen molar-refractivity contribution in [1.82, 2.24) is 0 Å². The first kappa shape index (κ1) is 12.9. The first-order valence-electron chi connectivity index (χ1n) is 6.57. The van der Waals surface area contributed by atoms with E-state index in [-0.39, 0.29) is 12.1 Å². The van der Waals surface area contributed by atoms with Crippen LogP contribution in [0.15, 0.2) is 24.3 Å². The molecule has 0 unspecified atom stereocenters. The van der Waals surface area contributed by atoms with E-state index in [1.807, 2.05) is 38.1 Å². The van der Waals surface area contributed by atoms with Gasteiger partial charge in [0.05, 0.1) is 5.41 Å². The molecule has 1 aliphatic carbocycles. The molecule has 1 aromatic carbocycles. The third-order valence-electron chi connectivity index (χ3n) is 3.72. The topological polar surface area (TPSA) is 52.3 Å². The zero-order chi connectivity index (χ0) is 13.2. The summed E-state index contributed by atoms with van der Waals surface area (Å²) in [5.74, 6) is -0.140. The molecule has 1 aromatic rings. The number of carbonyl (C=O) groups excluding carboxylic acids is 1. The molecule has 0 heterocycles. The molecule has 0 bridgehead atoms. The van der Waals surface area contributed by atoms with Crippen molar-refractivity contribution in [3.63, 3.8) is 0 Å². The van der Waals surface area contributed by atoms with Gasteiger partial charge in [-0.2, -0.15) is 0 Å². The highest BCUT2D eigenvalue weighted by Gasteiger charge is 2.33. The van der Waals surface area contributed by atoms with E-state index in [9.17, 15) is 4.79 Å². The Labute approximate surface area is 108 Å². The third-order valence-corrected chi connectivity index (χ3v) is 3.72. The number of anilines is 1. The van der Waals surface area contributed by atoms with Crippen molar-refractivity contribution in [3.8, 4) is 0 Å². The minimum Gasteiger partial charge on any atom is -0.462 e. The molecule has 98 valence electrons. The predicted octanol–water partition coefficient (Wildman–Crippen LogP) is 3.03. The van der Waals surface area contributed by atoms with E-state index >= 15 is 0 Å². The fourth-order valence-corrected chi connectivity index (χ4v) is 2.32. The van der Waals surface area contributed by atoms with Crippen LogP contribution in [0.2, 0.25) is 0 Å². The van der Waals surface area contributed by atoms with Gasteiger partial charge in [-0.25, -0.2) is 0 Å². The molecule has 1 saturated carbocycles. The Bertz CT molecular complexity index is 417. The fraction of sp³-hybridized carbons (Fsp3) is 0.533. The van der Waals surface area contributed by atoms with Gasteiger partial charge in [0.2, 0.25) is 0 Å². The fourth-order valence-electron chi connectivity index (χ4n) is 2.32. The van der Waals surface area contributed by atoms with Crippen LogP contribution in [0.4, 0.5) is 5.69 Å². The standard InChI is InChI=1S/C15H21NO2/c1-15(2,11-7-9-12(16)10-8-11)14(17)18-13-5-3-4-6-13/h7-10,13H,3-6,16H2,1-2H3. The maximum atomic E-state index is 12.3. The molecule has 1 aliphatic rings. The lowest BCUT2D eigenvalue weighted by atomic mass is 9.84. The summed E-state index contributed by atoms with van der Waals surface area (Å²) in [5, 5.41) is 0. The molecule has 3 nitrogen and oxygen atoms in total. The SMILES string of the molecule is CC(C)(C(=O)OC1CCCC1)c1ccc(N)cc1. The van der Waals surface area contributed by atoms with E-state index in [1.165, 1.54) is 12.8 Å². The third kappa shape index (κ3) is 2.66. The summed E-state index contributed by atoms with van der Waals surface area (Å²) in [4.78, 5) is 12.3. The quantitative estimate of drug-likeness (QED) is 0.659. The number of ether oxygens (including phenoxy) is 1. The normalized spacial score (nSPS) is 16.8. The van der Waals surface area contributed by atoms with Crippen LogP contribution >= 0.6 is 0 Å². The van der Waals surface area contributed by atoms with E-state index in [0.717, 1.165) is 18.4 Å². The van der Waals surface area contributed by atoms with Crippen molar-refractivity contribution in [2.45, 2.75) is 51.0 Å². The maximum absolute atomic E-state index is 12.3. The van der Waals surface area contributed by atoms with E-state index in [1.54, 1.807) is 0 Å². The lowest BCUT2D eigenvalue weighted by Crippen LogP contribution is -2.33. The summed E-state index contributed by atoms with van der Waals surface area (Å²) in [5.41, 5.74) is 6.70. The van der Waals surface area contributed by atoms with Crippen LogP contribution in [-0.4, -0.2) is 12.1 Å². The molecule has 0 radical (unpaired) electrons. The largest absolute Gasteiger partial charge is 0.462 e. The molecule has 0 aliphatic heterocycles. The van der Waals surface area contributed by atoms with Crippen molar-refractivity contribution < 1.29 is 9.53 Å². The Hall–Kier alpha value is -1.51. The number of nitrogens with two attached hydrogens (primary N) is 1. The molecule has 2 N–H and O–H groups in total. The van der Waals surface area contributed by atoms with Gasteiger partial charge >= 0.3 is 5.97 Å². The average Bonchev–Trinajstić information content (AvgIpc) is 2.82. The van der Waals surface area contributed by atoms with Gasteiger partial charge in [-0.1, -0.05) is 12.1 Å². The van der Waals surface area contributed by atoms with Crippen molar-refractivity contribution in [2.24, 2.45) is 0 Å². The van der Waals surface area contributed by atoms with Gasteiger partial charge in [0, 0.05) is 5.69 Å². The molecule has 0 atom stereocenters. The molecule has 2 rings (SSSR count). The highest BCUT2D eigenvalue weighted by molar-refractivity contribution is 5.82. The molecule has 0 aromatic heterocycles. The minimum absolute atomic E-state index is 0.116. The van der Waals surface area contributed by atoms with E-state index < -0.39 is 5.41 Å². The van der Waals surface area contributed by atoms with Crippen molar-refractivity contribution in [2.75, 3.05) is 5.73 Å². The van der Waals surface area contributed by atoms with E-state index in [0.29, 0.717) is 5.69 Å². The number of hydrogen-bond donors (Lipinski definition) is 1. The van der Waals surface area contributed by atoms with Crippen LogP contribution < -0.4 is 5.73 Å². The molecule has 1 fully saturated rings. The monoisotopic (exact) mass is 247 g/mol. The molecular formula is C15H21NO2. The number of hydrogen-bond acceptors (Lipinski definition) is 3. The second kappa shape index (κ2) is 5.01. The first-order chi connectivity index (χ1) is 8.50. The van der Waals surface area contributed by atoms with Gasteiger partial charge in [0.25, 0.3) is 0 Å². The second-order valence-corrected chi connectivity index (χ2v) is 5.56. The van der Waals surface area contributed by atoms with Crippen LogP contribution in [0.3, 0.4) is 0 Å². The van der Waals surface area contributed by atoms with Crippen LogP contribution in [0.5, 0.6) is 0 Å². The van der Waals surface area contributed by atoms with E-state index in [4.69, 9.17) is 10.5 Å². The Morgan fingerprint density at radius 1 is 1.22 bits per heavy atom. The summed E-state index contributed by atoms with van der Waals surface area (Å²) in [7, 11) is 0. The number of nitrogen functional groups attached to an aromatic ring is 1. The summed E-state index contributed by atoms with van der Waals surface area (Å²) >= 11 is 0. The molecule has 18 heavy (non-hydrogen) atoms. The highest BCUT2D eigenvalue weighted by atomic mass is 16.5. The zero-order valence-electron chi connectivity index (χ0n) is 11.1. The number of benzene rings is 1. The Kier molecular flexibility index (Phi) is 3.60. The van der Waals surface area contributed by atoms with E-state index in [2.05, 4.69) is 0 Å². The van der Waals surface area contributed by atoms with Gasteiger partial charge in [-0.05, 0) is 57.2 Å². The average molecular weight is 247 g/mol. The number of carbonyl (C=O) groups is 1. The molecule has 0 amide bonds. The Morgan fingerprint density at radius 3 is 2.33 bits per heavy atom. The van der Waals surface area contributed by atoms with Gasteiger partial charge < -0.3 is 10.5 Å². The van der Waals surface area contributed by atoms with Crippen LogP contribution in [-0.2, 0) is 14.9 Å². The van der Waals surface area contributed by atoms with Crippen molar-refractivity contribution in [3.05, 3.63) is 29.8 Å². The lowest BCUT2D eigenvalue weighted by Gasteiger charge is -2.25. The van der Waals surface area contributed by atoms with Crippen molar-refractivity contribution in [1.29, 1.82) is 0 Å². The Balaban J connectivity index is 2.08. The lowest BCUT2D eigenvalue weighted by molar-refractivity contribution is -0.154. The highest BCUT2D eigenvalue weighted by Crippen LogP contribution is 2.29. The minimum atomic E-state index is -0.615. The maximum Gasteiger partial charge on any atom is 0.316 e. The first-order valence-corrected chi connectivity index (χ1v) is 6.57. The summed E-state index contributed by atoms with van der Waals surface area (Å²) in [6.45, 7) is 3.80. The number of esters is 1. The van der Waals surface area contributed by atoms with Gasteiger partial charge in [0.15, 0.2) is 0 Å². The number of rotatable bonds is 3. The Morgan fingerprint density at radius 2 is 1.78 bits per heavy atom. The second-order valence-electron chi connectivity index (χ2n) is 5.56. The van der Waals surface area contributed by atoms with Crippen LogP contribution in [0.25, 0.3) is 0 Å². The van der Waals surface area contributed by atoms with Crippen LogP contribution in [0, 0.1) is 0 Å². The molecular weight excluding hydrogens is 226 g/mol. The summed E-state index contributed by atoms with van der Waals surface area (Å²) in [6, 6.07) is 7.43. The predicted molar refractivity (Wildman–Crippen MR) is 72.2 cm³/mol. The van der Waals surface area contributed by atoms with Gasteiger partial charge in [0.1, 0.15) is 6.10 Å². The smallest absolute Gasteiger partial charge is 0.316 e. The van der Waals surface area contributed by atoms with Gasteiger partial charge in [-0.15, -0.1) is 0 Å². The van der Waals surface area contributed by atoms with Gasteiger partial charge in [-0.3, -0.25) is 4.79 Å². The zero-order valence-corrected chi connectivity index (χ0v) is 11.1. The summed E-state index contributed by atoms with van der Waals surface area (Å²) < 4.78 is 5.59. The molecule has 0 saturated heterocycles.